The van der Waals surface area contributed by atoms with Crippen molar-refractivity contribution in [3.05, 3.63) is 18.2 Å². The Morgan fingerprint density at radius 1 is 1.38 bits per heavy atom. The van der Waals surface area contributed by atoms with E-state index in [9.17, 15) is 18.0 Å². The predicted molar refractivity (Wildman–Crippen MR) is 84.4 cm³/mol. The van der Waals surface area contributed by atoms with Crippen LogP contribution < -0.4 is 10.1 Å². The number of thiazole rings is 1. The normalized spacial score (nSPS) is 11.8. The van der Waals surface area contributed by atoms with E-state index < -0.39 is 12.5 Å². The summed E-state index contributed by atoms with van der Waals surface area (Å²) in [5.74, 6) is -0.337. The smallest absolute Gasteiger partial charge is 0.449 e. The van der Waals surface area contributed by atoms with Gasteiger partial charge in [-0.1, -0.05) is 11.3 Å². The van der Waals surface area contributed by atoms with Gasteiger partial charge in [0.05, 0.1) is 16.8 Å². The lowest BCUT2D eigenvalue weighted by atomic mass is 10.3. The summed E-state index contributed by atoms with van der Waals surface area (Å²) in [5, 5.41) is 2.70. The molecule has 6 nitrogen and oxygen atoms in total. The molecule has 1 aromatic carbocycles. The average molecular weight is 363 g/mol. The standard InChI is InChI=1S/C14H16F3N3O3S/c1-20(2)6-3-7-22-13(21)19-12-18-10-5-4-9(8-11(10)24-12)23-14(15,16)17/h4-5,8H,3,6-7H2,1-2H3,(H,18,19,21). The van der Waals surface area contributed by atoms with Gasteiger partial charge in [-0.25, -0.2) is 9.78 Å². The van der Waals surface area contributed by atoms with E-state index in [1.54, 1.807) is 0 Å². The number of hydrogen-bond donors (Lipinski definition) is 1. The van der Waals surface area contributed by atoms with Gasteiger partial charge in [-0.2, -0.15) is 0 Å². The number of alkyl halides is 3. The fourth-order valence-electron chi connectivity index (χ4n) is 1.82. The third kappa shape index (κ3) is 5.85. The van der Waals surface area contributed by atoms with E-state index in [0.29, 0.717) is 16.6 Å². The number of ether oxygens (including phenoxy) is 2. The molecule has 0 fully saturated rings. The van der Waals surface area contributed by atoms with Crippen molar-refractivity contribution >= 4 is 32.8 Å². The molecule has 0 aliphatic rings. The van der Waals surface area contributed by atoms with Crippen molar-refractivity contribution in [1.29, 1.82) is 0 Å². The van der Waals surface area contributed by atoms with Crippen LogP contribution in [0.5, 0.6) is 5.75 Å². The molecule has 1 N–H and O–H groups in total. The average Bonchev–Trinajstić information content (AvgIpc) is 2.83. The van der Waals surface area contributed by atoms with Crippen LogP contribution in [-0.4, -0.2) is 49.6 Å². The van der Waals surface area contributed by atoms with Crippen LogP contribution in [0.4, 0.5) is 23.1 Å². The number of hydrogen-bond acceptors (Lipinski definition) is 6. The van der Waals surface area contributed by atoms with E-state index in [1.807, 2.05) is 19.0 Å². The van der Waals surface area contributed by atoms with Gasteiger partial charge >= 0.3 is 12.5 Å². The topological polar surface area (TPSA) is 63.7 Å². The van der Waals surface area contributed by atoms with E-state index in [1.165, 1.54) is 18.2 Å². The second-order valence-electron chi connectivity index (χ2n) is 5.11. The first-order chi connectivity index (χ1) is 11.2. The van der Waals surface area contributed by atoms with Gasteiger partial charge in [0.15, 0.2) is 5.13 Å². The third-order valence-corrected chi connectivity index (χ3v) is 3.72. The number of halogens is 3. The van der Waals surface area contributed by atoms with Crippen molar-refractivity contribution in [3.63, 3.8) is 0 Å². The number of rotatable bonds is 6. The Morgan fingerprint density at radius 2 is 2.12 bits per heavy atom. The van der Waals surface area contributed by atoms with Gasteiger partial charge in [-0.05, 0) is 32.6 Å². The molecule has 24 heavy (non-hydrogen) atoms. The second-order valence-corrected chi connectivity index (χ2v) is 6.14. The number of nitrogens with zero attached hydrogens (tertiary/aromatic N) is 2. The molecule has 0 unspecified atom stereocenters. The van der Waals surface area contributed by atoms with E-state index in [4.69, 9.17) is 4.74 Å². The minimum absolute atomic E-state index is 0.242. The summed E-state index contributed by atoms with van der Waals surface area (Å²) >= 11 is 1.03. The number of anilines is 1. The number of carbonyl (C=O) groups is 1. The lowest BCUT2D eigenvalue weighted by molar-refractivity contribution is -0.274. The van der Waals surface area contributed by atoms with Crippen molar-refractivity contribution in [2.75, 3.05) is 32.6 Å². The highest BCUT2D eigenvalue weighted by molar-refractivity contribution is 7.22. The Bertz CT molecular complexity index is 703. The second kappa shape index (κ2) is 7.67. The van der Waals surface area contributed by atoms with Gasteiger partial charge in [0.2, 0.25) is 0 Å². The Kier molecular flexibility index (Phi) is 5.84. The largest absolute Gasteiger partial charge is 0.573 e. The molecule has 1 heterocycles. The number of benzene rings is 1. The molecule has 2 rings (SSSR count). The maximum Gasteiger partial charge on any atom is 0.573 e. The van der Waals surface area contributed by atoms with Gasteiger partial charge in [0.25, 0.3) is 0 Å². The van der Waals surface area contributed by atoms with E-state index in [0.717, 1.165) is 17.9 Å². The van der Waals surface area contributed by atoms with Crippen LogP contribution in [-0.2, 0) is 4.74 Å². The Labute approximate surface area is 140 Å². The van der Waals surface area contributed by atoms with Crippen molar-refractivity contribution in [2.24, 2.45) is 0 Å². The molecule has 0 radical (unpaired) electrons. The number of aromatic nitrogens is 1. The molecule has 0 aliphatic carbocycles. The van der Waals surface area contributed by atoms with Crippen LogP contribution in [0.3, 0.4) is 0 Å². The number of carbonyl (C=O) groups excluding carboxylic acids is 1. The minimum Gasteiger partial charge on any atom is -0.449 e. The Morgan fingerprint density at radius 3 is 2.79 bits per heavy atom. The summed E-state index contributed by atoms with van der Waals surface area (Å²) in [5.41, 5.74) is 0.456. The summed E-state index contributed by atoms with van der Waals surface area (Å²) in [7, 11) is 3.83. The van der Waals surface area contributed by atoms with E-state index in [-0.39, 0.29) is 17.5 Å². The lowest BCUT2D eigenvalue weighted by Crippen LogP contribution is -2.18. The molecular weight excluding hydrogens is 347 g/mol. The highest BCUT2D eigenvalue weighted by Crippen LogP contribution is 2.31. The first kappa shape index (κ1) is 18.3. The molecule has 132 valence electrons. The fourth-order valence-corrected chi connectivity index (χ4v) is 2.70. The van der Waals surface area contributed by atoms with Crippen LogP contribution in [0.15, 0.2) is 18.2 Å². The molecule has 2 aromatic rings. The zero-order chi connectivity index (χ0) is 17.7. The minimum atomic E-state index is -4.75. The third-order valence-electron chi connectivity index (χ3n) is 2.79. The van der Waals surface area contributed by atoms with Crippen LogP contribution in [0, 0.1) is 0 Å². The number of nitrogens with one attached hydrogen (secondary N) is 1. The van der Waals surface area contributed by atoms with Gasteiger partial charge in [-0.3, -0.25) is 5.32 Å². The first-order valence-electron chi connectivity index (χ1n) is 6.98. The highest BCUT2D eigenvalue weighted by Gasteiger charge is 2.31. The fraction of sp³-hybridized carbons (Fsp3) is 0.429. The van der Waals surface area contributed by atoms with Gasteiger partial charge < -0.3 is 14.4 Å². The van der Waals surface area contributed by atoms with E-state index in [2.05, 4.69) is 15.0 Å². The van der Waals surface area contributed by atoms with Crippen molar-refractivity contribution in [3.8, 4) is 5.75 Å². The summed E-state index contributed by atoms with van der Waals surface area (Å²) in [6, 6.07) is 3.77. The van der Waals surface area contributed by atoms with Crippen LogP contribution in [0.2, 0.25) is 0 Å². The molecule has 10 heteroatoms. The molecule has 1 amide bonds. The van der Waals surface area contributed by atoms with Gasteiger partial charge in [0, 0.05) is 12.6 Å². The number of amides is 1. The maximum absolute atomic E-state index is 12.2. The predicted octanol–water partition coefficient (Wildman–Crippen LogP) is 3.70. The summed E-state index contributed by atoms with van der Waals surface area (Å²) in [4.78, 5) is 17.7. The SMILES string of the molecule is CN(C)CCCOC(=O)Nc1nc2ccc(OC(F)(F)F)cc2s1. The van der Waals surface area contributed by atoms with Gasteiger partial charge in [0.1, 0.15) is 5.75 Å². The maximum atomic E-state index is 12.2. The lowest BCUT2D eigenvalue weighted by Gasteiger charge is -2.09. The van der Waals surface area contributed by atoms with Crippen molar-refractivity contribution in [1.82, 2.24) is 9.88 Å². The molecular formula is C14H16F3N3O3S. The molecule has 0 bridgehead atoms. The summed E-state index contributed by atoms with van der Waals surface area (Å²) in [6.07, 6.45) is -4.71. The zero-order valence-electron chi connectivity index (χ0n) is 13.0. The number of fused-ring (bicyclic) bond motifs is 1. The molecule has 0 aliphatic heterocycles. The Hall–Kier alpha value is -2.07. The van der Waals surface area contributed by atoms with Crippen LogP contribution >= 0.6 is 11.3 Å². The van der Waals surface area contributed by atoms with Crippen molar-refractivity contribution in [2.45, 2.75) is 12.8 Å². The monoisotopic (exact) mass is 363 g/mol. The van der Waals surface area contributed by atoms with Crippen molar-refractivity contribution < 1.29 is 27.4 Å². The molecule has 0 spiro atoms. The van der Waals surface area contributed by atoms with E-state index >= 15 is 0 Å². The quantitative estimate of drug-likeness (QED) is 0.793. The summed E-state index contributed by atoms with van der Waals surface area (Å²) in [6.45, 7) is 1.05. The highest BCUT2D eigenvalue weighted by atomic mass is 32.1. The van der Waals surface area contributed by atoms with Crippen LogP contribution in [0.1, 0.15) is 6.42 Å². The van der Waals surface area contributed by atoms with Crippen LogP contribution in [0.25, 0.3) is 10.2 Å². The molecule has 1 aromatic heterocycles. The molecule has 0 atom stereocenters. The zero-order valence-corrected chi connectivity index (χ0v) is 13.8. The summed E-state index contributed by atoms with van der Waals surface area (Å²) < 4.78 is 45.9. The molecule has 0 saturated carbocycles. The van der Waals surface area contributed by atoms with Gasteiger partial charge in [-0.15, -0.1) is 13.2 Å². The molecule has 0 saturated heterocycles. The first-order valence-corrected chi connectivity index (χ1v) is 7.79. The Balaban J connectivity index is 1.94.